The van der Waals surface area contributed by atoms with Crippen LogP contribution in [0.4, 0.5) is 0 Å². The van der Waals surface area contributed by atoms with Crippen LogP contribution in [0, 0.1) is 11.8 Å². The summed E-state index contributed by atoms with van der Waals surface area (Å²) in [6.45, 7) is 8.75. The van der Waals surface area contributed by atoms with Gasteiger partial charge in [0.25, 0.3) is 0 Å². The van der Waals surface area contributed by atoms with Crippen LogP contribution in [0.5, 0.6) is 0 Å². The highest BCUT2D eigenvalue weighted by Crippen LogP contribution is 2.34. The Hall–Kier alpha value is -1.06. The molecule has 0 bridgehead atoms. The molecule has 1 aliphatic carbocycles. The van der Waals surface area contributed by atoms with Crippen molar-refractivity contribution in [3.05, 3.63) is 0 Å². The SMILES string of the molecule is CCC1(CC)NC(=O)C(C(C)C)N(CC2CC2)C1=O. The minimum absolute atomic E-state index is 0.0268. The summed E-state index contributed by atoms with van der Waals surface area (Å²) < 4.78 is 0. The third-order valence-corrected chi connectivity index (χ3v) is 4.63. The Balaban J connectivity index is 2.29. The van der Waals surface area contributed by atoms with E-state index in [2.05, 4.69) is 5.32 Å². The molecule has 0 aromatic rings. The average molecular weight is 266 g/mol. The number of carbonyl (C=O) groups excluding carboxylic acids is 2. The standard InChI is InChI=1S/C15H26N2O2/c1-5-15(6-2)14(19)17(9-11-7-8-11)12(10(3)4)13(18)16-15/h10-12H,5-9H2,1-4H3,(H,16,18). The molecule has 108 valence electrons. The number of nitrogens with zero attached hydrogens (tertiary/aromatic N) is 1. The largest absolute Gasteiger partial charge is 0.340 e. The zero-order chi connectivity index (χ0) is 14.2. The van der Waals surface area contributed by atoms with Crippen LogP contribution < -0.4 is 5.32 Å². The molecule has 0 spiro atoms. The number of nitrogens with one attached hydrogen (secondary N) is 1. The Labute approximate surface area is 115 Å². The van der Waals surface area contributed by atoms with E-state index in [1.165, 1.54) is 12.8 Å². The first-order chi connectivity index (χ1) is 8.95. The molecule has 1 unspecified atom stereocenters. The van der Waals surface area contributed by atoms with Crippen LogP contribution in [0.1, 0.15) is 53.4 Å². The van der Waals surface area contributed by atoms with E-state index in [9.17, 15) is 9.59 Å². The van der Waals surface area contributed by atoms with Crippen molar-refractivity contribution in [2.24, 2.45) is 11.8 Å². The summed E-state index contributed by atoms with van der Waals surface area (Å²) in [7, 11) is 0. The van der Waals surface area contributed by atoms with Gasteiger partial charge in [-0.2, -0.15) is 0 Å². The molecule has 1 atom stereocenters. The fraction of sp³-hybridized carbons (Fsp3) is 0.867. The maximum Gasteiger partial charge on any atom is 0.249 e. The molecule has 1 N–H and O–H groups in total. The molecule has 19 heavy (non-hydrogen) atoms. The van der Waals surface area contributed by atoms with E-state index in [-0.39, 0.29) is 23.8 Å². The van der Waals surface area contributed by atoms with Crippen molar-refractivity contribution >= 4 is 11.8 Å². The number of hydrogen-bond acceptors (Lipinski definition) is 2. The molecule has 2 amide bonds. The monoisotopic (exact) mass is 266 g/mol. The first kappa shape index (κ1) is 14.4. The van der Waals surface area contributed by atoms with Crippen LogP contribution in [0.3, 0.4) is 0 Å². The van der Waals surface area contributed by atoms with Crippen molar-refractivity contribution in [1.82, 2.24) is 10.2 Å². The van der Waals surface area contributed by atoms with Crippen molar-refractivity contribution in [2.75, 3.05) is 6.54 Å². The number of hydrogen-bond donors (Lipinski definition) is 1. The second-order valence-corrected chi connectivity index (χ2v) is 6.37. The van der Waals surface area contributed by atoms with E-state index < -0.39 is 5.54 Å². The lowest BCUT2D eigenvalue weighted by Gasteiger charge is -2.47. The molecule has 2 aliphatic rings. The molecule has 1 heterocycles. The lowest BCUT2D eigenvalue weighted by molar-refractivity contribution is -0.157. The summed E-state index contributed by atoms with van der Waals surface area (Å²) in [5.41, 5.74) is -0.669. The lowest BCUT2D eigenvalue weighted by atomic mass is 9.84. The molecular weight excluding hydrogens is 240 g/mol. The summed E-state index contributed by atoms with van der Waals surface area (Å²) in [5, 5.41) is 3.00. The van der Waals surface area contributed by atoms with E-state index in [0.717, 1.165) is 6.54 Å². The van der Waals surface area contributed by atoms with Gasteiger partial charge in [-0.15, -0.1) is 0 Å². The second kappa shape index (κ2) is 5.14. The fourth-order valence-electron chi connectivity index (χ4n) is 3.07. The van der Waals surface area contributed by atoms with Crippen LogP contribution in [0.15, 0.2) is 0 Å². The summed E-state index contributed by atoms with van der Waals surface area (Å²) in [6.07, 6.45) is 3.73. The first-order valence-corrected chi connectivity index (χ1v) is 7.58. The third-order valence-electron chi connectivity index (χ3n) is 4.63. The molecule has 0 aromatic carbocycles. The summed E-state index contributed by atoms with van der Waals surface area (Å²) >= 11 is 0. The van der Waals surface area contributed by atoms with Gasteiger partial charge in [0.15, 0.2) is 0 Å². The zero-order valence-corrected chi connectivity index (χ0v) is 12.5. The lowest BCUT2D eigenvalue weighted by Crippen LogP contribution is -2.71. The minimum atomic E-state index is -0.669. The summed E-state index contributed by atoms with van der Waals surface area (Å²) in [4.78, 5) is 27.1. The smallest absolute Gasteiger partial charge is 0.249 e. The van der Waals surface area contributed by atoms with Crippen LogP contribution in [0.25, 0.3) is 0 Å². The van der Waals surface area contributed by atoms with Gasteiger partial charge in [0.1, 0.15) is 11.6 Å². The van der Waals surface area contributed by atoms with E-state index in [0.29, 0.717) is 18.8 Å². The van der Waals surface area contributed by atoms with Gasteiger partial charge in [0.05, 0.1) is 0 Å². The van der Waals surface area contributed by atoms with Crippen molar-refractivity contribution in [2.45, 2.75) is 65.0 Å². The highest BCUT2D eigenvalue weighted by molar-refractivity contribution is 6.00. The van der Waals surface area contributed by atoms with Gasteiger partial charge in [0.2, 0.25) is 11.8 Å². The van der Waals surface area contributed by atoms with Crippen LogP contribution in [0.2, 0.25) is 0 Å². The van der Waals surface area contributed by atoms with Crippen LogP contribution in [-0.2, 0) is 9.59 Å². The number of rotatable bonds is 5. The van der Waals surface area contributed by atoms with Gasteiger partial charge < -0.3 is 10.2 Å². The summed E-state index contributed by atoms with van der Waals surface area (Å²) in [6, 6.07) is -0.292. The Bertz CT molecular complexity index is 370. The van der Waals surface area contributed by atoms with Crippen molar-refractivity contribution in [3.8, 4) is 0 Å². The topological polar surface area (TPSA) is 49.4 Å². The molecule has 0 radical (unpaired) electrons. The normalized spacial score (nSPS) is 26.8. The van der Waals surface area contributed by atoms with Gasteiger partial charge in [0, 0.05) is 6.54 Å². The van der Waals surface area contributed by atoms with Gasteiger partial charge in [-0.25, -0.2) is 0 Å². The maximum absolute atomic E-state index is 12.8. The van der Waals surface area contributed by atoms with Crippen molar-refractivity contribution in [1.29, 1.82) is 0 Å². The molecule has 2 rings (SSSR count). The van der Waals surface area contributed by atoms with Gasteiger partial charge in [-0.3, -0.25) is 9.59 Å². The second-order valence-electron chi connectivity index (χ2n) is 6.37. The molecule has 2 fully saturated rings. The minimum Gasteiger partial charge on any atom is -0.340 e. The highest BCUT2D eigenvalue weighted by Gasteiger charge is 2.50. The predicted octanol–water partition coefficient (Wildman–Crippen LogP) is 1.94. The molecule has 1 aliphatic heterocycles. The van der Waals surface area contributed by atoms with Gasteiger partial charge in [-0.1, -0.05) is 27.7 Å². The van der Waals surface area contributed by atoms with Gasteiger partial charge in [-0.05, 0) is 37.5 Å². The number of piperazine rings is 1. The Morgan fingerprint density at radius 2 is 1.84 bits per heavy atom. The van der Waals surface area contributed by atoms with E-state index in [1.807, 2.05) is 32.6 Å². The van der Waals surface area contributed by atoms with Crippen LogP contribution >= 0.6 is 0 Å². The Kier molecular flexibility index (Phi) is 3.88. The number of amides is 2. The molecular formula is C15H26N2O2. The van der Waals surface area contributed by atoms with Crippen LogP contribution in [-0.4, -0.2) is 34.8 Å². The zero-order valence-electron chi connectivity index (χ0n) is 12.5. The molecule has 0 aromatic heterocycles. The Morgan fingerprint density at radius 3 is 2.26 bits per heavy atom. The predicted molar refractivity (Wildman–Crippen MR) is 74.5 cm³/mol. The maximum atomic E-state index is 12.8. The third kappa shape index (κ3) is 2.49. The molecule has 1 saturated carbocycles. The average Bonchev–Trinajstić information content (AvgIpc) is 3.17. The van der Waals surface area contributed by atoms with Crippen molar-refractivity contribution in [3.63, 3.8) is 0 Å². The van der Waals surface area contributed by atoms with E-state index in [4.69, 9.17) is 0 Å². The van der Waals surface area contributed by atoms with E-state index >= 15 is 0 Å². The number of carbonyl (C=O) groups is 2. The van der Waals surface area contributed by atoms with Crippen molar-refractivity contribution < 1.29 is 9.59 Å². The Morgan fingerprint density at radius 1 is 1.26 bits per heavy atom. The first-order valence-electron chi connectivity index (χ1n) is 7.58. The summed E-state index contributed by atoms with van der Waals surface area (Å²) in [5.74, 6) is 0.929. The molecule has 1 saturated heterocycles. The fourth-order valence-corrected chi connectivity index (χ4v) is 3.07. The van der Waals surface area contributed by atoms with Gasteiger partial charge >= 0.3 is 0 Å². The molecule has 4 heteroatoms. The highest BCUT2D eigenvalue weighted by atomic mass is 16.2. The van der Waals surface area contributed by atoms with E-state index in [1.54, 1.807) is 0 Å². The quantitative estimate of drug-likeness (QED) is 0.826. The molecule has 4 nitrogen and oxygen atoms in total.